The molecule has 2 atom stereocenters. The van der Waals surface area contributed by atoms with Crippen LogP contribution in [0, 0.1) is 0 Å². The first kappa shape index (κ1) is 15.0. The highest BCUT2D eigenvalue weighted by Gasteiger charge is 2.15. The average Bonchev–Trinajstić information content (AvgIpc) is 2.91. The molecule has 2 rings (SSSR count). The van der Waals surface area contributed by atoms with Crippen molar-refractivity contribution in [1.29, 1.82) is 0 Å². The van der Waals surface area contributed by atoms with Crippen LogP contribution in [0.4, 0.5) is 0 Å². The minimum absolute atomic E-state index is 0.298. The lowest BCUT2D eigenvalue weighted by atomic mass is 10.2. The van der Waals surface area contributed by atoms with Crippen molar-refractivity contribution < 1.29 is 9.84 Å². The van der Waals surface area contributed by atoms with E-state index in [1.807, 2.05) is 11.8 Å². The summed E-state index contributed by atoms with van der Waals surface area (Å²) in [5, 5.41) is 14.5. The van der Waals surface area contributed by atoms with Gasteiger partial charge < -0.3 is 15.2 Å². The van der Waals surface area contributed by atoms with Crippen LogP contribution < -0.4 is 10.1 Å². The molecule has 1 aromatic carbocycles. The number of halogens is 1. The van der Waals surface area contributed by atoms with Gasteiger partial charge >= 0.3 is 0 Å². The highest BCUT2D eigenvalue weighted by atomic mass is 35.5. The fourth-order valence-electron chi connectivity index (χ4n) is 2.00. The van der Waals surface area contributed by atoms with E-state index in [9.17, 15) is 5.11 Å². The van der Waals surface area contributed by atoms with Crippen LogP contribution in [0.2, 0.25) is 5.02 Å². The Morgan fingerprint density at radius 1 is 1.42 bits per heavy atom. The summed E-state index contributed by atoms with van der Waals surface area (Å²) >= 11 is 7.81. The monoisotopic (exact) mass is 301 g/mol. The summed E-state index contributed by atoms with van der Waals surface area (Å²) < 4.78 is 5.49. The fourth-order valence-corrected chi connectivity index (χ4v) is 3.36. The molecular formula is C14H20ClNO2S. The Morgan fingerprint density at radius 2 is 2.21 bits per heavy atom. The third kappa shape index (κ3) is 5.61. The highest BCUT2D eigenvalue weighted by molar-refractivity contribution is 8.00. The molecule has 0 aromatic heterocycles. The number of nitrogens with one attached hydrogen (secondary N) is 1. The quantitative estimate of drug-likeness (QED) is 0.812. The molecule has 19 heavy (non-hydrogen) atoms. The molecular weight excluding hydrogens is 282 g/mol. The number of benzene rings is 1. The van der Waals surface area contributed by atoms with E-state index >= 15 is 0 Å². The maximum Gasteiger partial charge on any atom is 0.119 e. The molecule has 0 spiro atoms. The van der Waals surface area contributed by atoms with Crippen LogP contribution in [0.25, 0.3) is 0 Å². The van der Waals surface area contributed by atoms with E-state index < -0.39 is 6.10 Å². The first-order valence-corrected chi connectivity index (χ1v) is 8.05. The predicted octanol–water partition coefficient (Wildman–Crippen LogP) is 2.56. The van der Waals surface area contributed by atoms with Crippen LogP contribution in [-0.4, -0.2) is 41.9 Å². The molecule has 1 heterocycles. The van der Waals surface area contributed by atoms with E-state index in [1.54, 1.807) is 24.3 Å². The number of hydrogen-bond acceptors (Lipinski definition) is 4. The molecule has 1 saturated heterocycles. The molecule has 2 unspecified atom stereocenters. The largest absolute Gasteiger partial charge is 0.491 e. The van der Waals surface area contributed by atoms with Crippen LogP contribution in [0.3, 0.4) is 0 Å². The van der Waals surface area contributed by atoms with Gasteiger partial charge in [-0.3, -0.25) is 0 Å². The van der Waals surface area contributed by atoms with Gasteiger partial charge in [0.05, 0.1) is 0 Å². The molecule has 5 heteroatoms. The average molecular weight is 302 g/mol. The maximum atomic E-state index is 9.82. The zero-order valence-corrected chi connectivity index (χ0v) is 12.4. The van der Waals surface area contributed by atoms with Crippen LogP contribution in [-0.2, 0) is 0 Å². The molecule has 1 aromatic rings. The van der Waals surface area contributed by atoms with Crippen molar-refractivity contribution in [3.05, 3.63) is 29.3 Å². The van der Waals surface area contributed by atoms with Crippen LogP contribution in [0.15, 0.2) is 24.3 Å². The number of hydrogen-bond donors (Lipinski definition) is 2. The number of rotatable bonds is 7. The van der Waals surface area contributed by atoms with Gasteiger partial charge in [0.1, 0.15) is 18.5 Å². The van der Waals surface area contributed by atoms with Crippen LogP contribution in [0.1, 0.15) is 12.8 Å². The van der Waals surface area contributed by atoms with Gasteiger partial charge in [-0.2, -0.15) is 11.8 Å². The second kappa shape index (κ2) is 8.00. The van der Waals surface area contributed by atoms with Crippen molar-refractivity contribution in [3.8, 4) is 5.75 Å². The molecule has 0 radical (unpaired) electrons. The zero-order valence-electron chi connectivity index (χ0n) is 10.8. The van der Waals surface area contributed by atoms with Crippen LogP contribution >= 0.6 is 23.4 Å². The van der Waals surface area contributed by atoms with E-state index in [1.165, 1.54) is 18.6 Å². The number of thioether (sulfide) groups is 1. The lowest BCUT2D eigenvalue weighted by Crippen LogP contribution is -2.34. The van der Waals surface area contributed by atoms with Crippen molar-refractivity contribution in [2.75, 3.05) is 25.4 Å². The first-order valence-electron chi connectivity index (χ1n) is 6.63. The van der Waals surface area contributed by atoms with E-state index in [0.29, 0.717) is 23.4 Å². The molecule has 106 valence electrons. The van der Waals surface area contributed by atoms with Crippen molar-refractivity contribution >= 4 is 23.4 Å². The van der Waals surface area contributed by atoms with Crippen molar-refractivity contribution in [2.45, 2.75) is 24.2 Å². The standard InChI is InChI=1S/C14H20ClNO2S/c15-11-3-5-13(6-4-11)18-10-12(17)8-16-9-14-2-1-7-19-14/h3-6,12,14,16-17H,1-2,7-10H2. The topological polar surface area (TPSA) is 41.5 Å². The lowest BCUT2D eigenvalue weighted by molar-refractivity contribution is 0.106. The highest BCUT2D eigenvalue weighted by Crippen LogP contribution is 2.25. The Hall–Kier alpha value is -0.420. The summed E-state index contributed by atoms with van der Waals surface area (Å²) in [5.74, 6) is 2.00. The molecule has 3 nitrogen and oxygen atoms in total. The third-order valence-electron chi connectivity index (χ3n) is 3.03. The molecule has 1 aliphatic heterocycles. The second-order valence-corrected chi connectivity index (χ2v) is 6.56. The zero-order chi connectivity index (χ0) is 13.5. The van der Waals surface area contributed by atoms with Gasteiger partial charge in [-0.25, -0.2) is 0 Å². The number of aliphatic hydroxyl groups is 1. The Morgan fingerprint density at radius 3 is 2.89 bits per heavy atom. The van der Waals surface area contributed by atoms with E-state index in [4.69, 9.17) is 16.3 Å². The Kier molecular flexibility index (Phi) is 6.31. The minimum atomic E-state index is -0.484. The Balaban J connectivity index is 1.58. The van der Waals surface area contributed by atoms with E-state index in [-0.39, 0.29) is 0 Å². The second-order valence-electron chi connectivity index (χ2n) is 4.71. The smallest absolute Gasteiger partial charge is 0.119 e. The minimum Gasteiger partial charge on any atom is -0.491 e. The van der Waals surface area contributed by atoms with E-state index in [2.05, 4.69) is 5.32 Å². The summed E-state index contributed by atoms with van der Waals surface area (Å²) in [7, 11) is 0. The predicted molar refractivity (Wildman–Crippen MR) is 81.3 cm³/mol. The van der Waals surface area contributed by atoms with Gasteiger partial charge in [-0.05, 0) is 42.9 Å². The van der Waals surface area contributed by atoms with Crippen molar-refractivity contribution in [1.82, 2.24) is 5.32 Å². The SMILES string of the molecule is OC(CNCC1CCCS1)COc1ccc(Cl)cc1. The Bertz CT molecular complexity index is 368. The lowest BCUT2D eigenvalue weighted by Gasteiger charge is -2.15. The molecule has 1 aliphatic rings. The number of aliphatic hydroxyl groups excluding tert-OH is 1. The molecule has 0 aliphatic carbocycles. The van der Waals surface area contributed by atoms with E-state index in [0.717, 1.165) is 12.3 Å². The molecule has 0 saturated carbocycles. The Labute approximate surface area is 123 Å². The molecule has 0 amide bonds. The van der Waals surface area contributed by atoms with Gasteiger partial charge in [0, 0.05) is 23.4 Å². The van der Waals surface area contributed by atoms with Gasteiger partial charge in [0.2, 0.25) is 0 Å². The summed E-state index contributed by atoms with van der Waals surface area (Å²) in [6, 6.07) is 7.16. The number of ether oxygens (including phenoxy) is 1. The summed E-state index contributed by atoms with van der Waals surface area (Å²) in [4.78, 5) is 0. The molecule has 2 N–H and O–H groups in total. The molecule has 0 bridgehead atoms. The summed E-state index contributed by atoms with van der Waals surface area (Å²) in [6.07, 6.45) is 2.12. The van der Waals surface area contributed by atoms with Crippen LogP contribution in [0.5, 0.6) is 5.75 Å². The van der Waals surface area contributed by atoms with Crippen molar-refractivity contribution in [2.24, 2.45) is 0 Å². The van der Waals surface area contributed by atoms with Crippen molar-refractivity contribution in [3.63, 3.8) is 0 Å². The summed E-state index contributed by atoms with van der Waals surface area (Å²) in [6.45, 7) is 1.85. The third-order valence-corrected chi connectivity index (χ3v) is 4.68. The molecule has 1 fully saturated rings. The van der Waals surface area contributed by atoms with Gasteiger partial charge in [0.25, 0.3) is 0 Å². The van der Waals surface area contributed by atoms with Gasteiger partial charge in [-0.1, -0.05) is 11.6 Å². The normalized spacial score (nSPS) is 20.4. The van der Waals surface area contributed by atoms with Gasteiger partial charge in [-0.15, -0.1) is 0 Å². The fraction of sp³-hybridized carbons (Fsp3) is 0.571. The first-order chi connectivity index (χ1) is 9.24. The maximum absolute atomic E-state index is 9.82. The summed E-state index contributed by atoms with van der Waals surface area (Å²) in [5.41, 5.74) is 0. The van der Waals surface area contributed by atoms with Gasteiger partial charge in [0.15, 0.2) is 0 Å².